The van der Waals surface area contributed by atoms with Crippen LogP contribution in [0.25, 0.3) is 93.6 Å². The fourth-order valence-electron chi connectivity index (χ4n) is 8.51. The van der Waals surface area contributed by atoms with Crippen LogP contribution in [0.5, 0.6) is 0 Å². The Balaban J connectivity index is 1.11. The number of aromatic nitrogens is 1. The summed E-state index contributed by atoms with van der Waals surface area (Å²) in [4.78, 5) is 0. The Hall–Kier alpha value is -6.06. The zero-order valence-corrected chi connectivity index (χ0v) is 26.5. The number of benzene rings is 7. The molecule has 3 heterocycles. The topological polar surface area (TPSA) is 31.2 Å². The first-order chi connectivity index (χ1) is 23.6. The van der Waals surface area contributed by atoms with E-state index in [0.717, 1.165) is 60.6 Å². The van der Waals surface area contributed by atoms with Crippen molar-refractivity contribution in [3.63, 3.8) is 0 Å². The van der Waals surface area contributed by atoms with Crippen molar-refractivity contribution >= 4 is 65.7 Å². The maximum atomic E-state index is 6.62. The number of nitrogens with zero attached hydrogens (tertiary/aromatic N) is 1. The van der Waals surface area contributed by atoms with E-state index < -0.39 is 0 Å². The summed E-state index contributed by atoms with van der Waals surface area (Å²) >= 11 is 0. The van der Waals surface area contributed by atoms with Crippen LogP contribution < -0.4 is 0 Å². The minimum atomic E-state index is -0.202. The second-order valence-corrected chi connectivity index (χ2v) is 13.7. The van der Waals surface area contributed by atoms with E-state index in [1.807, 2.05) is 12.1 Å². The molecular weight excluding hydrogens is 587 g/mol. The SMILES string of the molecule is CC1(C)c2cc(-c3cccc4c3oc3ccccc34)ccc2-c2ccc(-n3c4ccccc4c4ccc5c6ccccc6oc5c43)cc21. The molecule has 3 heteroatoms. The molecule has 0 amide bonds. The van der Waals surface area contributed by atoms with E-state index in [1.165, 1.54) is 44.1 Å². The molecule has 0 fully saturated rings. The molecule has 0 spiro atoms. The van der Waals surface area contributed by atoms with Gasteiger partial charge >= 0.3 is 0 Å². The van der Waals surface area contributed by atoms with E-state index in [1.54, 1.807) is 0 Å². The third kappa shape index (κ3) is 3.28. The van der Waals surface area contributed by atoms with Gasteiger partial charge in [0.25, 0.3) is 0 Å². The van der Waals surface area contributed by atoms with E-state index >= 15 is 0 Å². The van der Waals surface area contributed by atoms with Gasteiger partial charge in [-0.05, 0) is 70.3 Å². The van der Waals surface area contributed by atoms with Gasteiger partial charge in [0.1, 0.15) is 16.7 Å². The number of fused-ring (bicyclic) bond motifs is 13. The van der Waals surface area contributed by atoms with Crippen LogP contribution in [-0.2, 0) is 5.41 Å². The summed E-state index contributed by atoms with van der Waals surface area (Å²) in [5.74, 6) is 0. The highest BCUT2D eigenvalue weighted by atomic mass is 16.3. The van der Waals surface area contributed by atoms with Crippen molar-refractivity contribution in [2.45, 2.75) is 19.3 Å². The molecule has 0 saturated heterocycles. The molecule has 1 aliphatic rings. The maximum absolute atomic E-state index is 6.62. The third-order valence-corrected chi connectivity index (χ3v) is 10.8. The van der Waals surface area contributed by atoms with Crippen molar-refractivity contribution in [2.24, 2.45) is 0 Å². The van der Waals surface area contributed by atoms with Gasteiger partial charge < -0.3 is 13.4 Å². The predicted octanol–water partition coefficient (Wildman–Crippen LogP) is 12.6. The second kappa shape index (κ2) is 9.05. The maximum Gasteiger partial charge on any atom is 0.160 e. The first-order valence-electron chi connectivity index (χ1n) is 16.6. The Morgan fingerprint density at radius 3 is 1.85 bits per heavy atom. The van der Waals surface area contributed by atoms with Gasteiger partial charge in [-0.15, -0.1) is 0 Å². The lowest BCUT2D eigenvalue weighted by Crippen LogP contribution is -2.15. The van der Waals surface area contributed by atoms with Crippen molar-refractivity contribution in [3.05, 3.63) is 151 Å². The first-order valence-corrected chi connectivity index (χ1v) is 16.6. The molecule has 7 aromatic carbocycles. The summed E-state index contributed by atoms with van der Waals surface area (Å²) < 4.78 is 15.5. The Bertz CT molecular complexity index is 2980. The van der Waals surface area contributed by atoms with Crippen LogP contribution in [-0.4, -0.2) is 4.57 Å². The van der Waals surface area contributed by atoms with Crippen LogP contribution in [0.2, 0.25) is 0 Å². The van der Waals surface area contributed by atoms with E-state index in [4.69, 9.17) is 8.83 Å². The molecule has 48 heavy (non-hydrogen) atoms. The normalized spacial score (nSPS) is 13.8. The van der Waals surface area contributed by atoms with Crippen LogP contribution in [0.3, 0.4) is 0 Å². The Labute approximate surface area is 276 Å². The highest BCUT2D eigenvalue weighted by Crippen LogP contribution is 2.51. The molecule has 1 aliphatic carbocycles. The van der Waals surface area contributed by atoms with Crippen LogP contribution in [0, 0.1) is 0 Å². The lowest BCUT2D eigenvalue weighted by Gasteiger charge is -2.23. The highest BCUT2D eigenvalue weighted by molar-refractivity contribution is 6.21. The van der Waals surface area contributed by atoms with E-state index in [0.29, 0.717) is 0 Å². The van der Waals surface area contributed by atoms with Crippen LogP contribution in [0.4, 0.5) is 0 Å². The van der Waals surface area contributed by atoms with Crippen LogP contribution in [0.1, 0.15) is 25.0 Å². The minimum Gasteiger partial charge on any atom is -0.455 e. The van der Waals surface area contributed by atoms with Crippen molar-refractivity contribution in [3.8, 4) is 27.9 Å². The number of hydrogen-bond acceptors (Lipinski definition) is 2. The molecule has 0 N–H and O–H groups in total. The number of furan rings is 2. The standard InChI is InChI=1S/C45H29NO2/c1-45(2)37-24-26(28-13-9-14-35-32-11-4-7-16-40(32)47-43(28)35)18-20-29(37)30-21-19-27(25-38(30)45)46-39-15-6-3-10-31(39)34-22-23-36-33-12-5-8-17-41(33)48-44(36)42(34)46/h3-25H,1-2H3. The van der Waals surface area contributed by atoms with Gasteiger partial charge in [-0.1, -0.05) is 111 Å². The molecule has 3 aromatic heterocycles. The van der Waals surface area contributed by atoms with Gasteiger partial charge in [0.05, 0.1) is 11.0 Å². The van der Waals surface area contributed by atoms with E-state index in [9.17, 15) is 0 Å². The number of para-hydroxylation sites is 4. The summed E-state index contributed by atoms with van der Waals surface area (Å²) in [6, 6.07) is 50.2. The van der Waals surface area contributed by atoms with Gasteiger partial charge in [0.2, 0.25) is 0 Å². The quantitative estimate of drug-likeness (QED) is 0.194. The molecule has 226 valence electrons. The van der Waals surface area contributed by atoms with E-state index in [2.05, 4.69) is 146 Å². The van der Waals surface area contributed by atoms with Gasteiger partial charge in [-0.25, -0.2) is 0 Å². The summed E-state index contributed by atoms with van der Waals surface area (Å²) in [5.41, 5.74) is 14.5. The average Bonchev–Trinajstić information content (AvgIpc) is 3.85. The lowest BCUT2D eigenvalue weighted by atomic mass is 9.81. The van der Waals surface area contributed by atoms with E-state index in [-0.39, 0.29) is 5.41 Å². The van der Waals surface area contributed by atoms with Gasteiger partial charge in [0, 0.05) is 49.0 Å². The number of rotatable bonds is 2. The minimum absolute atomic E-state index is 0.202. The molecule has 0 saturated carbocycles. The Morgan fingerprint density at radius 2 is 1.06 bits per heavy atom. The lowest BCUT2D eigenvalue weighted by molar-refractivity contribution is 0.659. The fourth-order valence-corrected chi connectivity index (χ4v) is 8.51. The van der Waals surface area contributed by atoms with Crippen LogP contribution >= 0.6 is 0 Å². The molecule has 10 aromatic rings. The summed E-state index contributed by atoms with van der Waals surface area (Å²) in [5, 5.41) is 7.02. The van der Waals surface area contributed by atoms with Crippen molar-refractivity contribution in [2.75, 3.05) is 0 Å². The largest absolute Gasteiger partial charge is 0.455 e. The fraction of sp³-hybridized carbons (Fsp3) is 0.0667. The van der Waals surface area contributed by atoms with Crippen molar-refractivity contribution in [1.82, 2.24) is 4.57 Å². The zero-order valence-electron chi connectivity index (χ0n) is 26.5. The van der Waals surface area contributed by atoms with Crippen molar-refractivity contribution in [1.29, 1.82) is 0 Å². The summed E-state index contributed by atoms with van der Waals surface area (Å²) in [6.45, 7) is 4.71. The zero-order chi connectivity index (χ0) is 31.7. The number of hydrogen-bond donors (Lipinski definition) is 0. The summed E-state index contributed by atoms with van der Waals surface area (Å²) in [6.07, 6.45) is 0. The van der Waals surface area contributed by atoms with Crippen LogP contribution in [0.15, 0.2) is 148 Å². The molecule has 0 atom stereocenters. The second-order valence-electron chi connectivity index (χ2n) is 13.7. The monoisotopic (exact) mass is 615 g/mol. The average molecular weight is 616 g/mol. The molecule has 0 unspecified atom stereocenters. The molecule has 3 nitrogen and oxygen atoms in total. The smallest absolute Gasteiger partial charge is 0.160 e. The molecule has 0 aliphatic heterocycles. The predicted molar refractivity (Wildman–Crippen MR) is 198 cm³/mol. The first kappa shape index (κ1) is 26.1. The van der Waals surface area contributed by atoms with Gasteiger partial charge in [-0.2, -0.15) is 0 Å². The van der Waals surface area contributed by atoms with Gasteiger partial charge in [-0.3, -0.25) is 0 Å². The Kier molecular flexibility index (Phi) is 4.91. The summed E-state index contributed by atoms with van der Waals surface area (Å²) in [7, 11) is 0. The molecule has 0 radical (unpaired) electrons. The van der Waals surface area contributed by atoms with Gasteiger partial charge in [0.15, 0.2) is 5.58 Å². The third-order valence-electron chi connectivity index (χ3n) is 10.8. The van der Waals surface area contributed by atoms with Crippen molar-refractivity contribution < 1.29 is 8.83 Å². The molecule has 11 rings (SSSR count). The molecular formula is C45H29NO2. The Morgan fingerprint density at radius 1 is 0.458 bits per heavy atom. The highest BCUT2D eigenvalue weighted by Gasteiger charge is 2.36. The molecule has 0 bridgehead atoms.